The lowest BCUT2D eigenvalue weighted by Gasteiger charge is -1.99. The Kier molecular flexibility index (Phi) is 3.81. The molecule has 1 aromatic carbocycles. The first-order valence-corrected chi connectivity index (χ1v) is 6.57. The SMILES string of the molecule is COC(=O)c1snc(-c2cccc(Cl)c2)c1Br. The second-order valence-electron chi connectivity index (χ2n) is 3.18. The monoisotopic (exact) mass is 331 g/mol. The van der Waals surface area contributed by atoms with Gasteiger partial charge in [0, 0.05) is 10.6 Å². The molecule has 0 atom stereocenters. The molecule has 0 unspecified atom stereocenters. The molecule has 0 saturated carbocycles. The third-order valence-corrected chi connectivity index (χ3v) is 4.20. The summed E-state index contributed by atoms with van der Waals surface area (Å²) in [5, 5.41) is 0.627. The second-order valence-corrected chi connectivity index (χ2v) is 5.18. The Labute approximate surface area is 116 Å². The molecule has 0 fully saturated rings. The van der Waals surface area contributed by atoms with Crippen molar-refractivity contribution in [1.29, 1.82) is 0 Å². The number of carbonyl (C=O) groups excluding carboxylic acids is 1. The first-order valence-electron chi connectivity index (χ1n) is 4.63. The fourth-order valence-corrected chi connectivity index (χ4v) is 3.03. The van der Waals surface area contributed by atoms with Gasteiger partial charge in [-0.25, -0.2) is 4.79 Å². The fraction of sp³-hybridized carbons (Fsp3) is 0.0909. The van der Waals surface area contributed by atoms with Crippen LogP contribution in [0.1, 0.15) is 9.67 Å². The number of nitrogens with zero attached hydrogens (tertiary/aromatic N) is 1. The van der Waals surface area contributed by atoms with Crippen LogP contribution in [0.4, 0.5) is 0 Å². The zero-order valence-electron chi connectivity index (χ0n) is 8.74. The van der Waals surface area contributed by atoms with Crippen LogP contribution >= 0.6 is 39.1 Å². The molecular formula is C11H7BrClNO2S. The molecule has 2 aromatic rings. The number of carbonyl (C=O) groups is 1. The minimum absolute atomic E-state index is 0.400. The molecule has 0 spiro atoms. The molecule has 0 bridgehead atoms. The summed E-state index contributed by atoms with van der Waals surface area (Å²) >= 11 is 10.4. The molecule has 6 heteroatoms. The Balaban J connectivity index is 2.48. The summed E-state index contributed by atoms with van der Waals surface area (Å²) < 4.78 is 9.53. The van der Waals surface area contributed by atoms with Crippen LogP contribution in [0.15, 0.2) is 28.7 Å². The van der Waals surface area contributed by atoms with E-state index in [0.717, 1.165) is 17.1 Å². The van der Waals surface area contributed by atoms with Gasteiger partial charge in [0.15, 0.2) is 0 Å². The maximum absolute atomic E-state index is 11.4. The highest BCUT2D eigenvalue weighted by Crippen LogP contribution is 2.34. The summed E-state index contributed by atoms with van der Waals surface area (Å²) in [6.07, 6.45) is 0. The van der Waals surface area contributed by atoms with Gasteiger partial charge in [0.1, 0.15) is 4.88 Å². The van der Waals surface area contributed by atoms with E-state index in [1.165, 1.54) is 7.11 Å². The topological polar surface area (TPSA) is 39.2 Å². The minimum atomic E-state index is -0.400. The lowest BCUT2D eigenvalue weighted by atomic mass is 10.1. The average Bonchev–Trinajstić information content (AvgIpc) is 2.70. The first kappa shape index (κ1) is 12.5. The first-order chi connectivity index (χ1) is 8.13. The number of rotatable bonds is 2. The van der Waals surface area contributed by atoms with Crippen LogP contribution in [0.3, 0.4) is 0 Å². The van der Waals surface area contributed by atoms with E-state index in [0.29, 0.717) is 20.1 Å². The molecule has 17 heavy (non-hydrogen) atoms. The van der Waals surface area contributed by atoms with Crippen molar-refractivity contribution in [3.8, 4) is 11.3 Å². The van der Waals surface area contributed by atoms with Gasteiger partial charge in [-0.3, -0.25) is 0 Å². The molecule has 3 nitrogen and oxygen atoms in total. The molecular weight excluding hydrogens is 326 g/mol. The Hall–Kier alpha value is -0.910. The van der Waals surface area contributed by atoms with Gasteiger partial charge in [-0.05, 0) is 39.6 Å². The van der Waals surface area contributed by atoms with Gasteiger partial charge >= 0.3 is 5.97 Å². The Morgan fingerprint density at radius 3 is 2.94 bits per heavy atom. The van der Waals surface area contributed by atoms with E-state index in [1.54, 1.807) is 12.1 Å². The van der Waals surface area contributed by atoms with E-state index >= 15 is 0 Å². The summed E-state index contributed by atoms with van der Waals surface area (Å²) in [6, 6.07) is 7.29. The lowest BCUT2D eigenvalue weighted by Crippen LogP contribution is -1.98. The molecule has 88 valence electrons. The maximum atomic E-state index is 11.4. The fourth-order valence-electron chi connectivity index (χ4n) is 1.31. The minimum Gasteiger partial charge on any atom is -0.465 e. The van der Waals surface area contributed by atoms with E-state index in [2.05, 4.69) is 25.0 Å². The number of ether oxygens (including phenoxy) is 1. The predicted molar refractivity (Wildman–Crippen MR) is 71.6 cm³/mol. The summed E-state index contributed by atoms with van der Waals surface area (Å²) in [4.78, 5) is 11.9. The molecule has 0 radical (unpaired) electrons. The summed E-state index contributed by atoms with van der Waals surface area (Å²) in [7, 11) is 1.34. The average molecular weight is 333 g/mol. The number of aromatic nitrogens is 1. The van der Waals surface area contributed by atoms with Gasteiger partial charge in [0.25, 0.3) is 0 Å². The maximum Gasteiger partial charge on any atom is 0.350 e. The van der Waals surface area contributed by atoms with E-state index in [4.69, 9.17) is 11.6 Å². The number of methoxy groups -OCH3 is 1. The zero-order chi connectivity index (χ0) is 12.4. The number of benzene rings is 1. The van der Waals surface area contributed by atoms with Crippen molar-refractivity contribution in [3.05, 3.63) is 38.6 Å². The van der Waals surface area contributed by atoms with Crippen molar-refractivity contribution in [3.63, 3.8) is 0 Å². The van der Waals surface area contributed by atoms with Gasteiger partial charge in [-0.1, -0.05) is 23.7 Å². The summed E-state index contributed by atoms with van der Waals surface area (Å²) in [5.74, 6) is -0.400. The van der Waals surface area contributed by atoms with E-state index in [1.807, 2.05) is 12.1 Å². The van der Waals surface area contributed by atoms with Crippen molar-refractivity contribution >= 4 is 45.0 Å². The third-order valence-electron chi connectivity index (χ3n) is 2.10. The molecule has 0 amide bonds. The number of hydrogen-bond acceptors (Lipinski definition) is 4. The van der Waals surface area contributed by atoms with Crippen molar-refractivity contribution in [2.24, 2.45) is 0 Å². The highest BCUT2D eigenvalue weighted by atomic mass is 79.9. The molecule has 1 aromatic heterocycles. The van der Waals surface area contributed by atoms with Gasteiger partial charge in [0.05, 0.1) is 17.3 Å². The molecule has 0 aliphatic carbocycles. The lowest BCUT2D eigenvalue weighted by molar-refractivity contribution is 0.0605. The van der Waals surface area contributed by atoms with Crippen LogP contribution in [0.5, 0.6) is 0 Å². The van der Waals surface area contributed by atoms with Crippen LogP contribution in [0, 0.1) is 0 Å². The molecule has 0 aliphatic rings. The Morgan fingerprint density at radius 1 is 1.53 bits per heavy atom. The van der Waals surface area contributed by atoms with Crippen LogP contribution in [0.2, 0.25) is 5.02 Å². The van der Waals surface area contributed by atoms with Gasteiger partial charge in [-0.2, -0.15) is 4.37 Å². The van der Waals surface area contributed by atoms with Gasteiger partial charge in [0.2, 0.25) is 0 Å². The summed E-state index contributed by atoms with van der Waals surface area (Å²) in [6.45, 7) is 0. The van der Waals surface area contributed by atoms with Gasteiger partial charge < -0.3 is 4.74 Å². The van der Waals surface area contributed by atoms with Crippen LogP contribution in [0.25, 0.3) is 11.3 Å². The standard InChI is InChI=1S/C11H7BrClNO2S/c1-16-11(15)10-8(12)9(14-17-10)6-3-2-4-7(13)5-6/h2-5H,1H3. The van der Waals surface area contributed by atoms with Crippen molar-refractivity contribution < 1.29 is 9.53 Å². The normalized spacial score (nSPS) is 10.3. The highest BCUT2D eigenvalue weighted by molar-refractivity contribution is 9.10. The molecule has 2 rings (SSSR count). The third kappa shape index (κ3) is 2.51. The highest BCUT2D eigenvalue weighted by Gasteiger charge is 2.19. The quantitative estimate of drug-likeness (QED) is 0.780. The zero-order valence-corrected chi connectivity index (χ0v) is 11.9. The second kappa shape index (κ2) is 5.16. The Bertz CT molecular complexity index is 570. The molecule has 1 heterocycles. The van der Waals surface area contributed by atoms with E-state index < -0.39 is 5.97 Å². The number of hydrogen-bond donors (Lipinski definition) is 0. The predicted octanol–water partition coefficient (Wildman–Crippen LogP) is 4.01. The van der Waals surface area contributed by atoms with Crippen LogP contribution in [-0.2, 0) is 4.74 Å². The molecule has 0 N–H and O–H groups in total. The van der Waals surface area contributed by atoms with Crippen LogP contribution in [-0.4, -0.2) is 17.5 Å². The van der Waals surface area contributed by atoms with Crippen molar-refractivity contribution in [2.75, 3.05) is 7.11 Å². The smallest absolute Gasteiger partial charge is 0.350 e. The van der Waals surface area contributed by atoms with Gasteiger partial charge in [-0.15, -0.1) is 0 Å². The Morgan fingerprint density at radius 2 is 2.29 bits per heavy atom. The summed E-state index contributed by atoms with van der Waals surface area (Å²) in [5.41, 5.74) is 1.55. The van der Waals surface area contributed by atoms with E-state index in [9.17, 15) is 4.79 Å². The molecule has 0 saturated heterocycles. The van der Waals surface area contributed by atoms with Crippen molar-refractivity contribution in [1.82, 2.24) is 4.37 Å². The van der Waals surface area contributed by atoms with E-state index in [-0.39, 0.29) is 0 Å². The number of esters is 1. The molecule has 0 aliphatic heterocycles. The van der Waals surface area contributed by atoms with Crippen molar-refractivity contribution in [2.45, 2.75) is 0 Å². The number of halogens is 2. The largest absolute Gasteiger partial charge is 0.465 e. The van der Waals surface area contributed by atoms with Crippen LogP contribution < -0.4 is 0 Å².